The molecule has 182 valence electrons. The summed E-state index contributed by atoms with van der Waals surface area (Å²) in [7, 11) is 2.85. The van der Waals surface area contributed by atoms with Gasteiger partial charge in [0.1, 0.15) is 5.00 Å². The summed E-state index contributed by atoms with van der Waals surface area (Å²) in [6.07, 6.45) is -0.582. The molecule has 1 amide bonds. The molecule has 0 aliphatic heterocycles. The summed E-state index contributed by atoms with van der Waals surface area (Å²) in [6, 6.07) is 2.11. The van der Waals surface area contributed by atoms with Gasteiger partial charge in [-0.15, -0.1) is 11.3 Å². The third kappa shape index (κ3) is 4.77. The van der Waals surface area contributed by atoms with Crippen LogP contribution >= 0.6 is 11.3 Å². The van der Waals surface area contributed by atoms with E-state index in [2.05, 4.69) is 25.5 Å². The van der Waals surface area contributed by atoms with Gasteiger partial charge in [0.25, 0.3) is 11.9 Å². The van der Waals surface area contributed by atoms with E-state index in [-0.39, 0.29) is 27.9 Å². The summed E-state index contributed by atoms with van der Waals surface area (Å²) < 4.78 is 47.6. The van der Waals surface area contributed by atoms with Gasteiger partial charge >= 0.3 is 12.1 Å². The number of hydrogen-bond acceptors (Lipinski definition) is 8. The third-order valence-corrected chi connectivity index (χ3v) is 6.16. The fraction of sp³-hybridized carbons (Fsp3) is 0.238. The Bertz CT molecular complexity index is 1440. The number of amides is 1. The first-order chi connectivity index (χ1) is 16.5. The Morgan fingerprint density at radius 3 is 2.57 bits per heavy atom. The van der Waals surface area contributed by atoms with E-state index < -0.39 is 23.7 Å². The molecule has 4 rings (SSSR count). The Balaban J connectivity index is 1.68. The minimum absolute atomic E-state index is 0.0100. The predicted molar refractivity (Wildman–Crippen MR) is 119 cm³/mol. The topological polar surface area (TPSA) is 117 Å². The molecule has 0 unspecified atom stereocenters. The van der Waals surface area contributed by atoms with Gasteiger partial charge in [-0.3, -0.25) is 9.48 Å². The number of nitrogens with zero attached hydrogens (tertiary/aromatic N) is 6. The number of hydrogen-bond donors (Lipinski definition) is 1. The number of nitrogens with one attached hydrogen (secondary N) is 1. The zero-order chi connectivity index (χ0) is 25.5. The third-order valence-electron chi connectivity index (χ3n) is 5.03. The van der Waals surface area contributed by atoms with Crippen LogP contribution in [0.15, 0.2) is 30.7 Å². The number of carbonyl (C=O) groups is 2. The number of aryl methyl sites for hydroxylation is 2. The fourth-order valence-corrected chi connectivity index (χ4v) is 4.21. The molecule has 10 nitrogen and oxygen atoms in total. The van der Waals surface area contributed by atoms with E-state index >= 15 is 0 Å². The van der Waals surface area contributed by atoms with Crippen LogP contribution in [-0.4, -0.2) is 48.5 Å². The SMILES string of the molecule is COC(=O)c1c(NC(=O)c2ccn(-c3nc(-c4cnn(C)c4)cc(C(F)(F)F)n3)n2)sc(C)c1C. The van der Waals surface area contributed by atoms with E-state index in [4.69, 9.17) is 4.74 Å². The van der Waals surface area contributed by atoms with E-state index in [0.29, 0.717) is 11.1 Å². The molecule has 0 fully saturated rings. The summed E-state index contributed by atoms with van der Waals surface area (Å²) in [5, 5.41) is 10.9. The van der Waals surface area contributed by atoms with Gasteiger partial charge in [0.15, 0.2) is 11.4 Å². The number of halogens is 3. The molecule has 4 aromatic rings. The Morgan fingerprint density at radius 1 is 1.20 bits per heavy atom. The number of aromatic nitrogens is 6. The number of esters is 1. The van der Waals surface area contributed by atoms with Crippen molar-refractivity contribution < 1.29 is 27.5 Å². The van der Waals surface area contributed by atoms with Gasteiger partial charge in [-0.2, -0.15) is 23.4 Å². The zero-order valence-electron chi connectivity index (χ0n) is 18.8. The highest BCUT2D eigenvalue weighted by Crippen LogP contribution is 2.33. The van der Waals surface area contributed by atoms with Crippen molar-refractivity contribution in [1.82, 2.24) is 29.5 Å². The van der Waals surface area contributed by atoms with Crippen LogP contribution in [0, 0.1) is 13.8 Å². The second-order valence-corrected chi connectivity index (χ2v) is 8.64. The molecule has 0 bridgehead atoms. The molecule has 4 aromatic heterocycles. The summed E-state index contributed by atoms with van der Waals surface area (Å²) in [5.74, 6) is -1.65. The summed E-state index contributed by atoms with van der Waals surface area (Å²) in [6.45, 7) is 3.52. The minimum Gasteiger partial charge on any atom is -0.465 e. The zero-order valence-corrected chi connectivity index (χ0v) is 19.7. The van der Waals surface area contributed by atoms with E-state index in [1.165, 1.54) is 47.8 Å². The lowest BCUT2D eigenvalue weighted by Gasteiger charge is -2.09. The second-order valence-electron chi connectivity index (χ2n) is 7.42. The number of rotatable bonds is 5. The van der Waals surface area contributed by atoms with Crippen molar-refractivity contribution in [2.75, 3.05) is 12.4 Å². The van der Waals surface area contributed by atoms with Crippen LogP contribution in [0.4, 0.5) is 18.2 Å². The molecule has 0 radical (unpaired) electrons. The minimum atomic E-state index is -4.73. The highest BCUT2D eigenvalue weighted by atomic mass is 32.1. The quantitative estimate of drug-likeness (QED) is 0.410. The molecule has 0 aliphatic rings. The van der Waals surface area contributed by atoms with Crippen LogP contribution in [-0.2, 0) is 18.0 Å². The van der Waals surface area contributed by atoms with Crippen LogP contribution in [0.5, 0.6) is 0 Å². The molecule has 0 atom stereocenters. The van der Waals surface area contributed by atoms with Gasteiger partial charge in [-0.1, -0.05) is 0 Å². The van der Waals surface area contributed by atoms with Crippen molar-refractivity contribution in [3.63, 3.8) is 0 Å². The van der Waals surface area contributed by atoms with E-state index in [9.17, 15) is 22.8 Å². The number of anilines is 1. The lowest BCUT2D eigenvalue weighted by atomic mass is 10.1. The average Bonchev–Trinajstić information content (AvgIpc) is 3.52. The standard InChI is InChI=1S/C21H18F3N7O3S/c1-10-11(2)35-18(16(10)19(33)34-4)28-17(32)13-5-6-31(29-13)20-26-14(12-8-25-30(3)9-12)7-15(27-20)21(22,23)24/h5-9H,1-4H3,(H,28,32). The Morgan fingerprint density at radius 2 is 1.94 bits per heavy atom. The van der Waals surface area contributed by atoms with E-state index in [1.54, 1.807) is 20.9 Å². The van der Waals surface area contributed by atoms with Crippen LogP contribution in [0.2, 0.25) is 0 Å². The second kappa shape index (κ2) is 8.94. The Hall–Kier alpha value is -4.07. The molecule has 0 spiro atoms. The molecule has 0 aromatic carbocycles. The van der Waals surface area contributed by atoms with Crippen molar-refractivity contribution in [3.05, 3.63) is 58.1 Å². The van der Waals surface area contributed by atoms with Gasteiger partial charge in [-0.25, -0.2) is 19.4 Å². The normalized spacial score (nSPS) is 11.5. The maximum Gasteiger partial charge on any atom is 0.433 e. The first kappa shape index (κ1) is 24.1. The highest BCUT2D eigenvalue weighted by Gasteiger charge is 2.34. The molecule has 14 heteroatoms. The largest absolute Gasteiger partial charge is 0.465 e. The van der Waals surface area contributed by atoms with Gasteiger partial charge in [0.2, 0.25) is 0 Å². The Kier molecular flexibility index (Phi) is 6.15. The molecule has 4 heterocycles. The lowest BCUT2D eigenvalue weighted by Crippen LogP contribution is -2.16. The Labute approximate surface area is 200 Å². The summed E-state index contributed by atoms with van der Waals surface area (Å²) in [5.41, 5.74) is -0.0496. The van der Waals surface area contributed by atoms with Crippen LogP contribution in [0.25, 0.3) is 17.2 Å². The predicted octanol–water partition coefficient (Wildman–Crippen LogP) is 3.80. The van der Waals surface area contributed by atoms with Crippen LogP contribution in [0.3, 0.4) is 0 Å². The van der Waals surface area contributed by atoms with Gasteiger partial charge in [0, 0.05) is 29.9 Å². The van der Waals surface area contributed by atoms with Crippen molar-refractivity contribution in [2.45, 2.75) is 20.0 Å². The average molecular weight is 505 g/mol. The monoisotopic (exact) mass is 505 g/mol. The molecule has 0 saturated carbocycles. The maximum atomic E-state index is 13.5. The molecule has 35 heavy (non-hydrogen) atoms. The molecular weight excluding hydrogens is 487 g/mol. The highest BCUT2D eigenvalue weighted by molar-refractivity contribution is 7.16. The number of alkyl halides is 3. The van der Waals surface area contributed by atoms with Crippen molar-refractivity contribution in [1.29, 1.82) is 0 Å². The van der Waals surface area contributed by atoms with Crippen molar-refractivity contribution >= 4 is 28.2 Å². The number of ether oxygens (including phenoxy) is 1. The lowest BCUT2D eigenvalue weighted by molar-refractivity contribution is -0.141. The van der Waals surface area contributed by atoms with Gasteiger partial charge < -0.3 is 10.1 Å². The molecular formula is C21H18F3N7O3S. The number of thiophene rings is 1. The molecule has 0 saturated heterocycles. The van der Waals surface area contributed by atoms with Gasteiger partial charge in [-0.05, 0) is 31.5 Å². The van der Waals surface area contributed by atoms with Crippen LogP contribution in [0.1, 0.15) is 37.0 Å². The number of carbonyl (C=O) groups excluding carboxylic acids is 2. The maximum absolute atomic E-state index is 13.5. The fourth-order valence-electron chi connectivity index (χ4n) is 3.17. The van der Waals surface area contributed by atoms with E-state index in [1.807, 2.05) is 0 Å². The molecule has 1 N–H and O–H groups in total. The summed E-state index contributed by atoms with van der Waals surface area (Å²) >= 11 is 1.19. The first-order valence-corrected chi connectivity index (χ1v) is 10.8. The van der Waals surface area contributed by atoms with Crippen LogP contribution < -0.4 is 5.32 Å². The summed E-state index contributed by atoms with van der Waals surface area (Å²) in [4.78, 5) is 33.5. The van der Waals surface area contributed by atoms with Crippen molar-refractivity contribution in [3.8, 4) is 17.2 Å². The number of methoxy groups -OCH3 is 1. The first-order valence-electron chi connectivity index (χ1n) is 9.99. The smallest absolute Gasteiger partial charge is 0.433 e. The van der Waals surface area contributed by atoms with Gasteiger partial charge in [0.05, 0.1) is 24.6 Å². The van der Waals surface area contributed by atoms with Crippen molar-refractivity contribution in [2.24, 2.45) is 7.05 Å². The molecule has 0 aliphatic carbocycles. The van der Waals surface area contributed by atoms with E-state index in [0.717, 1.165) is 15.6 Å².